The van der Waals surface area contributed by atoms with E-state index in [1.54, 1.807) is 6.20 Å². The molecule has 0 bridgehead atoms. The van der Waals surface area contributed by atoms with Crippen LogP contribution in [-0.2, 0) is 11.3 Å². The fraction of sp³-hybridized carbons (Fsp3) is 0.545. The summed E-state index contributed by atoms with van der Waals surface area (Å²) < 4.78 is 7.02. The highest BCUT2D eigenvalue weighted by atomic mass is 16.6. The molecule has 1 amide bonds. The Hall–Kier alpha value is -2.38. The average molecular weight is 398 g/mol. The van der Waals surface area contributed by atoms with E-state index in [-0.39, 0.29) is 6.09 Å². The molecule has 2 fully saturated rings. The van der Waals surface area contributed by atoms with Crippen molar-refractivity contribution in [3.8, 4) is 5.69 Å². The summed E-state index contributed by atoms with van der Waals surface area (Å²) in [6.07, 6.45) is 6.07. The third-order valence-corrected chi connectivity index (χ3v) is 5.95. The highest BCUT2D eigenvalue weighted by Crippen LogP contribution is 2.20. The van der Waals surface area contributed by atoms with E-state index in [0.29, 0.717) is 12.6 Å². The summed E-state index contributed by atoms with van der Waals surface area (Å²) in [5.74, 6) is 0. The number of piperazine rings is 1. The first-order valence-electron chi connectivity index (χ1n) is 10.7. The van der Waals surface area contributed by atoms with Gasteiger partial charge in [0.1, 0.15) is 0 Å². The topological polar surface area (TPSA) is 53.8 Å². The zero-order valence-electron chi connectivity index (χ0n) is 17.2. The van der Waals surface area contributed by atoms with Crippen molar-refractivity contribution in [1.82, 2.24) is 24.5 Å². The van der Waals surface area contributed by atoms with Crippen LogP contribution in [0, 0.1) is 0 Å². The molecule has 1 atom stereocenters. The Balaban J connectivity index is 1.28. The van der Waals surface area contributed by atoms with Crippen LogP contribution in [0.5, 0.6) is 0 Å². The van der Waals surface area contributed by atoms with Crippen molar-refractivity contribution in [3.05, 3.63) is 48.3 Å². The number of hydrogen-bond acceptors (Lipinski definition) is 5. The highest BCUT2D eigenvalue weighted by molar-refractivity contribution is 5.67. The fourth-order valence-electron chi connectivity index (χ4n) is 4.39. The number of benzene rings is 1. The Morgan fingerprint density at radius 3 is 2.62 bits per heavy atom. The van der Waals surface area contributed by atoms with Crippen molar-refractivity contribution in [2.75, 3.05) is 45.9 Å². The Bertz CT molecular complexity index is 769. The maximum Gasteiger partial charge on any atom is 0.409 e. The van der Waals surface area contributed by atoms with Crippen molar-refractivity contribution in [2.24, 2.45) is 0 Å². The van der Waals surface area contributed by atoms with Crippen LogP contribution in [0.3, 0.4) is 0 Å². The van der Waals surface area contributed by atoms with Crippen LogP contribution in [0.15, 0.2) is 42.7 Å². The molecule has 4 rings (SSSR count). The molecule has 0 spiro atoms. The van der Waals surface area contributed by atoms with Gasteiger partial charge in [-0.3, -0.25) is 9.80 Å². The molecule has 0 unspecified atom stereocenters. The number of rotatable bonds is 5. The van der Waals surface area contributed by atoms with Crippen molar-refractivity contribution in [2.45, 2.75) is 32.4 Å². The first-order valence-corrected chi connectivity index (χ1v) is 10.7. The number of hydrogen-bond donors (Lipinski definition) is 0. The second-order valence-electron chi connectivity index (χ2n) is 7.87. The molecule has 1 aromatic carbocycles. The number of amides is 1. The quantitative estimate of drug-likeness (QED) is 0.776. The Morgan fingerprint density at radius 1 is 1.14 bits per heavy atom. The molecule has 2 aromatic rings. The number of nitrogens with zero attached hydrogens (tertiary/aromatic N) is 5. The predicted octanol–water partition coefficient (Wildman–Crippen LogP) is 2.61. The van der Waals surface area contributed by atoms with Gasteiger partial charge in [-0.15, -0.1) is 0 Å². The van der Waals surface area contributed by atoms with Gasteiger partial charge >= 0.3 is 6.09 Å². The molecule has 29 heavy (non-hydrogen) atoms. The van der Waals surface area contributed by atoms with Gasteiger partial charge in [-0.05, 0) is 50.1 Å². The lowest BCUT2D eigenvalue weighted by Gasteiger charge is -2.43. The van der Waals surface area contributed by atoms with E-state index >= 15 is 0 Å². The fourth-order valence-corrected chi connectivity index (χ4v) is 4.39. The highest BCUT2D eigenvalue weighted by Gasteiger charge is 2.29. The SMILES string of the molecule is CCOC(=O)N1CCN([C@@H]2CCCN(Cc3ccc(-n4cccn4)cc3)C2)CC1. The standard InChI is InChI=1S/C22H31N5O2/c1-2-29-22(28)26-15-13-25(14-16-26)21-5-3-11-24(18-21)17-19-6-8-20(9-7-19)27-12-4-10-23-27/h4,6-10,12,21H,2-3,5,11,13-18H2,1H3/t21-/m1/s1. The smallest absolute Gasteiger partial charge is 0.409 e. The van der Waals surface area contributed by atoms with Crippen LogP contribution in [0.25, 0.3) is 5.69 Å². The van der Waals surface area contributed by atoms with Crippen LogP contribution in [0.2, 0.25) is 0 Å². The third-order valence-electron chi connectivity index (χ3n) is 5.95. The average Bonchev–Trinajstić information content (AvgIpc) is 3.30. The Morgan fingerprint density at radius 2 is 1.93 bits per heavy atom. The molecule has 156 valence electrons. The Labute approximate surface area is 172 Å². The largest absolute Gasteiger partial charge is 0.450 e. The molecule has 2 saturated heterocycles. The summed E-state index contributed by atoms with van der Waals surface area (Å²) in [7, 11) is 0. The molecular formula is C22H31N5O2. The van der Waals surface area contributed by atoms with Gasteiger partial charge in [0.05, 0.1) is 12.3 Å². The second kappa shape index (κ2) is 9.41. The third kappa shape index (κ3) is 4.97. The second-order valence-corrected chi connectivity index (χ2v) is 7.87. The minimum absolute atomic E-state index is 0.170. The van der Waals surface area contributed by atoms with Crippen molar-refractivity contribution in [3.63, 3.8) is 0 Å². The molecule has 2 aliphatic rings. The summed E-state index contributed by atoms with van der Waals surface area (Å²) in [5, 5.41) is 4.29. The molecule has 7 heteroatoms. The number of piperidine rings is 1. The molecule has 0 aliphatic carbocycles. The molecule has 0 saturated carbocycles. The van der Waals surface area contributed by atoms with Crippen molar-refractivity contribution in [1.29, 1.82) is 0 Å². The summed E-state index contributed by atoms with van der Waals surface area (Å²) in [6, 6.07) is 11.2. The maximum atomic E-state index is 11.9. The predicted molar refractivity (Wildman–Crippen MR) is 112 cm³/mol. The number of carbonyl (C=O) groups excluding carboxylic acids is 1. The van der Waals surface area contributed by atoms with E-state index in [9.17, 15) is 4.79 Å². The minimum atomic E-state index is -0.170. The molecule has 3 heterocycles. The van der Waals surface area contributed by atoms with Gasteiger partial charge in [-0.1, -0.05) is 12.1 Å². The normalized spacial score (nSPS) is 21.3. The summed E-state index contributed by atoms with van der Waals surface area (Å²) >= 11 is 0. The van der Waals surface area contributed by atoms with E-state index in [1.165, 1.54) is 18.4 Å². The van der Waals surface area contributed by atoms with Gasteiger partial charge in [0.2, 0.25) is 0 Å². The number of likely N-dealkylation sites (tertiary alicyclic amines) is 1. The monoisotopic (exact) mass is 397 g/mol. The van der Waals surface area contributed by atoms with Gasteiger partial charge < -0.3 is 9.64 Å². The van der Waals surface area contributed by atoms with E-state index in [0.717, 1.165) is 51.5 Å². The van der Waals surface area contributed by atoms with E-state index in [4.69, 9.17) is 4.74 Å². The molecule has 2 aliphatic heterocycles. The molecule has 7 nitrogen and oxygen atoms in total. The van der Waals surface area contributed by atoms with Crippen LogP contribution >= 0.6 is 0 Å². The van der Waals surface area contributed by atoms with Gasteiger partial charge in [0.15, 0.2) is 0 Å². The van der Waals surface area contributed by atoms with Gasteiger partial charge in [-0.25, -0.2) is 9.48 Å². The Kier molecular flexibility index (Phi) is 6.46. The first kappa shape index (κ1) is 19.9. The molecule has 0 N–H and O–H groups in total. The number of ether oxygens (including phenoxy) is 1. The first-order chi connectivity index (χ1) is 14.2. The van der Waals surface area contributed by atoms with Gasteiger partial charge in [0, 0.05) is 57.7 Å². The lowest BCUT2D eigenvalue weighted by atomic mass is 10.0. The van der Waals surface area contributed by atoms with Crippen LogP contribution in [0.1, 0.15) is 25.3 Å². The van der Waals surface area contributed by atoms with Gasteiger partial charge in [0.25, 0.3) is 0 Å². The van der Waals surface area contributed by atoms with E-state index in [2.05, 4.69) is 39.2 Å². The van der Waals surface area contributed by atoms with Crippen LogP contribution < -0.4 is 0 Å². The number of aromatic nitrogens is 2. The van der Waals surface area contributed by atoms with Crippen LogP contribution in [-0.4, -0.2) is 82.5 Å². The van der Waals surface area contributed by atoms with E-state index < -0.39 is 0 Å². The summed E-state index contributed by atoms with van der Waals surface area (Å²) in [4.78, 5) is 18.9. The summed E-state index contributed by atoms with van der Waals surface area (Å²) in [5.41, 5.74) is 2.43. The zero-order chi connectivity index (χ0) is 20.1. The molecular weight excluding hydrogens is 366 g/mol. The van der Waals surface area contributed by atoms with E-state index in [1.807, 2.05) is 28.8 Å². The van der Waals surface area contributed by atoms with Crippen LogP contribution in [0.4, 0.5) is 4.79 Å². The van der Waals surface area contributed by atoms with Crippen molar-refractivity contribution >= 4 is 6.09 Å². The molecule has 1 aromatic heterocycles. The molecule has 0 radical (unpaired) electrons. The lowest BCUT2D eigenvalue weighted by Crippen LogP contribution is -2.55. The maximum absolute atomic E-state index is 11.9. The summed E-state index contributed by atoms with van der Waals surface area (Å²) in [6.45, 7) is 8.95. The van der Waals surface area contributed by atoms with Gasteiger partial charge in [-0.2, -0.15) is 5.10 Å². The number of carbonyl (C=O) groups is 1. The van der Waals surface area contributed by atoms with Crippen molar-refractivity contribution < 1.29 is 9.53 Å². The lowest BCUT2D eigenvalue weighted by molar-refractivity contribution is 0.0412. The minimum Gasteiger partial charge on any atom is -0.450 e. The zero-order valence-corrected chi connectivity index (χ0v) is 17.2.